The molecule has 0 aromatic heterocycles. The average molecular weight is 317 g/mol. The fourth-order valence-electron chi connectivity index (χ4n) is 0.526. The molecule has 0 unspecified atom stereocenters. The summed E-state index contributed by atoms with van der Waals surface area (Å²) in [4.78, 5) is 9.87. The Hall–Kier alpha value is 0.405. The van der Waals surface area contributed by atoms with Crippen molar-refractivity contribution in [2.45, 2.75) is 32.6 Å². The molecule has 1 N–H and O–H groups in total. The molecule has 0 aliphatic carbocycles. The summed E-state index contributed by atoms with van der Waals surface area (Å²) in [5.41, 5.74) is 0. The molecule has 3 heteroatoms. The Labute approximate surface area is 76.2 Å². The van der Waals surface area contributed by atoms with Gasteiger partial charge in [-0.15, -0.1) is 0 Å². The predicted molar refractivity (Wildman–Crippen MR) is 31.8 cm³/mol. The van der Waals surface area contributed by atoms with Gasteiger partial charge in [0.05, 0.1) is 0 Å². The number of hydrogen-bond acceptors (Lipinski definition) is 1. The van der Waals surface area contributed by atoms with Gasteiger partial charge in [-0.25, -0.2) is 0 Å². The van der Waals surface area contributed by atoms with E-state index in [1.807, 2.05) is 0 Å². The maximum Gasteiger partial charge on any atom is 0.303 e. The van der Waals surface area contributed by atoms with Crippen LogP contribution in [0.25, 0.3) is 0 Å². The molecule has 0 aromatic rings. The fraction of sp³-hybridized carbons (Fsp3) is 0.833. The summed E-state index contributed by atoms with van der Waals surface area (Å²) < 4.78 is 0. The molecule has 0 saturated heterocycles. The molecule has 0 fully saturated rings. The molecule has 0 atom stereocenters. The minimum Gasteiger partial charge on any atom is -0.481 e. The number of aliphatic carboxylic acids is 1. The molecule has 0 aliphatic heterocycles. The molecular formula is C6H12HgO2. The summed E-state index contributed by atoms with van der Waals surface area (Å²) in [5, 5.41) is 8.14. The maximum absolute atomic E-state index is 9.87. The van der Waals surface area contributed by atoms with Crippen molar-refractivity contribution in [3.63, 3.8) is 0 Å². The van der Waals surface area contributed by atoms with Gasteiger partial charge in [0.15, 0.2) is 0 Å². The quantitative estimate of drug-likeness (QED) is 0.632. The summed E-state index contributed by atoms with van der Waals surface area (Å²) in [7, 11) is 0. The third kappa shape index (κ3) is 11.8. The van der Waals surface area contributed by atoms with E-state index in [4.69, 9.17) is 5.11 Å². The number of carboxylic acids is 1. The van der Waals surface area contributed by atoms with Crippen LogP contribution in [0.1, 0.15) is 32.6 Å². The first kappa shape index (κ1) is 12.1. The Morgan fingerprint density at radius 3 is 2.33 bits per heavy atom. The largest absolute Gasteiger partial charge is 0.481 e. The van der Waals surface area contributed by atoms with E-state index < -0.39 is 5.97 Å². The first-order chi connectivity index (χ1) is 3.77. The number of carbonyl (C=O) groups is 1. The van der Waals surface area contributed by atoms with Crippen LogP contribution < -0.4 is 0 Å². The smallest absolute Gasteiger partial charge is 0.303 e. The molecule has 0 saturated carbocycles. The summed E-state index contributed by atoms with van der Waals surface area (Å²) in [6.45, 7) is 2.06. The summed E-state index contributed by atoms with van der Waals surface area (Å²) >= 11 is 0. The van der Waals surface area contributed by atoms with E-state index >= 15 is 0 Å². The van der Waals surface area contributed by atoms with Crippen molar-refractivity contribution in [2.75, 3.05) is 0 Å². The van der Waals surface area contributed by atoms with Gasteiger partial charge in [0, 0.05) is 34.1 Å². The van der Waals surface area contributed by atoms with Crippen LogP contribution in [0.5, 0.6) is 0 Å². The zero-order valence-corrected chi connectivity index (χ0v) is 11.4. The predicted octanol–water partition coefficient (Wildman–Crippen LogP) is 1.65. The molecule has 50 valence electrons. The van der Waals surface area contributed by atoms with Crippen LogP contribution in [0.4, 0.5) is 0 Å². The molecule has 9 heavy (non-hydrogen) atoms. The normalized spacial score (nSPS) is 8.11. The minimum atomic E-state index is -0.682. The van der Waals surface area contributed by atoms with Gasteiger partial charge in [-0.05, 0) is 6.42 Å². The minimum absolute atomic E-state index is 0. The van der Waals surface area contributed by atoms with Crippen LogP contribution in [0.3, 0.4) is 0 Å². The van der Waals surface area contributed by atoms with Gasteiger partial charge in [0.25, 0.3) is 0 Å². The van der Waals surface area contributed by atoms with Gasteiger partial charge < -0.3 is 5.11 Å². The molecule has 0 spiro atoms. The molecule has 0 bridgehead atoms. The number of hydrogen-bond donors (Lipinski definition) is 1. The summed E-state index contributed by atoms with van der Waals surface area (Å²) in [6, 6.07) is 0. The fourth-order valence-corrected chi connectivity index (χ4v) is 0.526. The Balaban J connectivity index is 0. The van der Waals surface area contributed by atoms with E-state index in [0.717, 1.165) is 19.3 Å². The van der Waals surface area contributed by atoms with Crippen molar-refractivity contribution < 1.29 is 37.6 Å². The van der Waals surface area contributed by atoms with Crippen LogP contribution in [0.15, 0.2) is 0 Å². The third-order valence-corrected chi connectivity index (χ3v) is 0.994. The number of carboxylic acid groups (broad SMARTS) is 1. The van der Waals surface area contributed by atoms with E-state index in [1.54, 1.807) is 0 Å². The first-order valence-corrected chi connectivity index (χ1v) is 2.99. The van der Waals surface area contributed by atoms with Crippen molar-refractivity contribution in [3.05, 3.63) is 0 Å². The van der Waals surface area contributed by atoms with Gasteiger partial charge >= 0.3 is 5.97 Å². The van der Waals surface area contributed by atoms with Gasteiger partial charge in [0.1, 0.15) is 0 Å². The summed E-state index contributed by atoms with van der Waals surface area (Å²) in [5.74, 6) is -0.682. The van der Waals surface area contributed by atoms with Gasteiger partial charge in [-0.1, -0.05) is 19.8 Å². The van der Waals surface area contributed by atoms with Crippen molar-refractivity contribution in [1.29, 1.82) is 0 Å². The monoisotopic (exact) mass is 318 g/mol. The zero-order chi connectivity index (χ0) is 6.41. The number of unbranched alkanes of at least 4 members (excludes halogenated alkanes) is 2. The molecule has 2 nitrogen and oxygen atoms in total. The molecule has 0 aromatic carbocycles. The van der Waals surface area contributed by atoms with Crippen LogP contribution in [-0.4, -0.2) is 11.1 Å². The Kier molecular flexibility index (Phi) is 11.3. The Bertz CT molecular complexity index is 73.5. The van der Waals surface area contributed by atoms with Crippen molar-refractivity contribution in [2.24, 2.45) is 0 Å². The second-order valence-corrected chi connectivity index (χ2v) is 1.85. The number of rotatable bonds is 4. The molecule has 0 heterocycles. The third-order valence-electron chi connectivity index (χ3n) is 0.994. The molecular weight excluding hydrogens is 305 g/mol. The SMILES string of the molecule is CCCCCC(=O)O.[Hg]. The summed E-state index contributed by atoms with van der Waals surface area (Å²) in [6.07, 6.45) is 3.28. The Morgan fingerprint density at radius 2 is 2.00 bits per heavy atom. The van der Waals surface area contributed by atoms with Crippen molar-refractivity contribution in [3.8, 4) is 0 Å². The van der Waals surface area contributed by atoms with E-state index in [0.29, 0.717) is 6.42 Å². The van der Waals surface area contributed by atoms with E-state index in [1.165, 1.54) is 0 Å². The second-order valence-electron chi connectivity index (χ2n) is 1.85. The van der Waals surface area contributed by atoms with E-state index in [-0.39, 0.29) is 27.7 Å². The Morgan fingerprint density at radius 1 is 1.44 bits per heavy atom. The second kappa shape index (κ2) is 8.41. The van der Waals surface area contributed by atoms with Gasteiger partial charge in [-0.2, -0.15) is 0 Å². The standard InChI is InChI=1S/C6H12O2.Hg/c1-2-3-4-5-6(7)8;/h2-5H2,1H3,(H,7,8);. The van der Waals surface area contributed by atoms with Crippen LogP contribution in [-0.2, 0) is 32.5 Å². The average Bonchev–Trinajstić information content (AvgIpc) is 1.66. The van der Waals surface area contributed by atoms with Crippen molar-refractivity contribution >= 4 is 5.97 Å². The van der Waals surface area contributed by atoms with E-state index in [2.05, 4.69) is 6.92 Å². The molecule has 0 rings (SSSR count). The topological polar surface area (TPSA) is 37.3 Å². The molecule has 0 radical (unpaired) electrons. The molecule has 0 aliphatic rings. The maximum atomic E-state index is 9.87. The molecule has 0 amide bonds. The van der Waals surface area contributed by atoms with Gasteiger partial charge in [0.2, 0.25) is 0 Å². The van der Waals surface area contributed by atoms with Gasteiger partial charge in [-0.3, -0.25) is 4.79 Å². The van der Waals surface area contributed by atoms with Crippen molar-refractivity contribution in [1.82, 2.24) is 0 Å². The van der Waals surface area contributed by atoms with Crippen LogP contribution in [0.2, 0.25) is 0 Å². The van der Waals surface area contributed by atoms with Crippen LogP contribution >= 0.6 is 0 Å². The zero-order valence-electron chi connectivity index (χ0n) is 5.89. The van der Waals surface area contributed by atoms with E-state index in [9.17, 15) is 4.79 Å². The first-order valence-electron chi connectivity index (χ1n) is 2.99. The van der Waals surface area contributed by atoms with Crippen LogP contribution in [0, 0.1) is 0 Å².